The fourth-order valence-corrected chi connectivity index (χ4v) is 1.65. The van der Waals surface area contributed by atoms with Gasteiger partial charge in [-0.05, 0) is 12.1 Å². The van der Waals surface area contributed by atoms with Gasteiger partial charge in [-0.25, -0.2) is 9.59 Å². The Morgan fingerprint density at radius 2 is 2.25 bits per heavy atom. The van der Waals surface area contributed by atoms with Gasteiger partial charge in [0.15, 0.2) is 6.04 Å². The Hall–Kier alpha value is -2.21. The van der Waals surface area contributed by atoms with Crippen molar-refractivity contribution < 1.29 is 24.2 Å². The molecule has 1 atom stereocenters. The van der Waals surface area contributed by atoms with Gasteiger partial charge in [0.05, 0.1) is 7.11 Å². The number of methoxy groups -OCH3 is 1. The van der Waals surface area contributed by atoms with E-state index in [4.69, 9.17) is 21.1 Å². The van der Waals surface area contributed by atoms with Crippen LogP contribution < -0.4 is 10.1 Å². The number of carboxylic acid groups (broad SMARTS) is 1. The van der Waals surface area contributed by atoms with Crippen LogP contribution in [-0.2, 0) is 9.53 Å². The average molecular weight is 300 g/mol. The summed E-state index contributed by atoms with van der Waals surface area (Å²) in [7, 11) is 1.38. The standard InChI is InChI=1S/C13H14ClNO5/c1-3-6-20-13(18)15-11(12(16)17)9-5-4-8(14)7-10(9)19-2/h3-5,7,11H,1,6H2,2H3,(H,15,18)(H,16,17). The Morgan fingerprint density at radius 3 is 2.80 bits per heavy atom. The van der Waals surface area contributed by atoms with Crippen LogP contribution in [-0.4, -0.2) is 30.9 Å². The summed E-state index contributed by atoms with van der Waals surface area (Å²) in [5.74, 6) is -0.991. The van der Waals surface area contributed by atoms with Crippen LogP contribution in [0, 0.1) is 0 Å². The zero-order valence-corrected chi connectivity index (χ0v) is 11.5. The third-order valence-electron chi connectivity index (χ3n) is 2.35. The molecule has 1 aromatic rings. The number of hydrogen-bond donors (Lipinski definition) is 2. The molecule has 0 heterocycles. The molecule has 0 bridgehead atoms. The number of hydrogen-bond acceptors (Lipinski definition) is 4. The highest BCUT2D eigenvalue weighted by Crippen LogP contribution is 2.28. The Kier molecular flexibility index (Phi) is 5.86. The number of halogens is 1. The number of ether oxygens (including phenoxy) is 2. The molecule has 0 saturated heterocycles. The smallest absolute Gasteiger partial charge is 0.408 e. The number of carbonyl (C=O) groups is 2. The summed E-state index contributed by atoms with van der Waals surface area (Å²) in [5.41, 5.74) is 0.264. The van der Waals surface area contributed by atoms with E-state index in [1.54, 1.807) is 0 Å². The topological polar surface area (TPSA) is 84.9 Å². The minimum Gasteiger partial charge on any atom is -0.496 e. The van der Waals surface area contributed by atoms with E-state index >= 15 is 0 Å². The minimum atomic E-state index is -1.31. The quantitative estimate of drug-likeness (QED) is 0.788. The van der Waals surface area contributed by atoms with Crippen LogP contribution in [0.3, 0.4) is 0 Å². The lowest BCUT2D eigenvalue weighted by atomic mass is 10.1. The van der Waals surface area contributed by atoms with Crippen molar-refractivity contribution >= 4 is 23.7 Å². The summed E-state index contributed by atoms with van der Waals surface area (Å²) >= 11 is 5.80. The highest BCUT2D eigenvalue weighted by molar-refractivity contribution is 6.30. The van der Waals surface area contributed by atoms with Gasteiger partial charge in [-0.3, -0.25) is 0 Å². The van der Waals surface area contributed by atoms with Crippen LogP contribution in [0.4, 0.5) is 4.79 Å². The first kappa shape index (κ1) is 15.8. The molecule has 0 aliphatic carbocycles. The zero-order chi connectivity index (χ0) is 15.1. The third kappa shape index (κ3) is 4.17. The summed E-state index contributed by atoms with van der Waals surface area (Å²) < 4.78 is 9.76. The molecule has 7 heteroatoms. The molecule has 6 nitrogen and oxygen atoms in total. The van der Waals surface area contributed by atoms with Gasteiger partial charge in [0, 0.05) is 10.6 Å². The van der Waals surface area contributed by atoms with Crippen molar-refractivity contribution in [3.8, 4) is 5.75 Å². The molecule has 0 fully saturated rings. The lowest BCUT2D eigenvalue weighted by Gasteiger charge is -2.17. The van der Waals surface area contributed by atoms with Crippen molar-refractivity contribution in [2.24, 2.45) is 0 Å². The number of rotatable bonds is 6. The fraction of sp³-hybridized carbons (Fsp3) is 0.231. The number of benzene rings is 1. The van der Waals surface area contributed by atoms with Crippen LogP contribution in [0.1, 0.15) is 11.6 Å². The van der Waals surface area contributed by atoms with Crippen molar-refractivity contribution in [1.29, 1.82) is 0 Å². The molecule has 0 aromatic heterocycles. The molecule has 108 valence electrons. The largest absolute Gasteiger partial charge is 0.496 e. The molecule has 2 N–H and O–H groups in total. The second kappa shape index (κ2) is 7.40. The predicted octanol–water partition coefficient (Wildman–Crippen LogP) is 2.39. The van der Waals surface area contributed by atoms with E-state index in [0.29, 0.717) is 5.02 Å². The average Bonchev–Trinajstić information content (AvgIpc) is 2.42. The molecular formula is C13H14ClNO5. The van der Waals surface area contributed by atoms with Gasteiger partial charge in [0.25, 0.3) is 0 Å². The highest BCUT2D eigenvalue weighted by Gasteiger charge is 2.26. The first-order chi connectivity index (χ1) is 9.49. The highest BCUT2D eigenvalue weighted by atomic mass is 35.5. The van der Waals surface area contributed by atoms with Gasteiger partial charge in [0.1, 0.15) is 12.4 Å². The van der Waals surface area contributed by atoms with Gasteiger partial charge in [-0.1, -0.05) is 30.3 Å². The summed E-state index contributed by atoms with van der Waals surface area (Å²) in [6, 6.07) is 3.13. The second-order valence-electron chi connectivity index (χ2n) is 3.69. The molecular weight excluding hydrogens is 286 g/mol. The van der Waals surface area contributed by atoms with E-state index < -0.39 is 18.1 Å². The number of alkyl carbamates (subject to hydrolysis) is 1. The monoisotopic (exact) mass is 299 g/mol. The van der Waals surface area contributed by atoms with Crippen LogP contribution in [0.5, 0.6) is 5.75 Å². The first-order valence-corrected chi connectivity index (χ1v) is 5.97. The maximum Gasteiger partial charge on any atom is 0.408 e. The van der Waals surface area contributed by atoms with Gasteiger partial charge < -0.3 is 19.9 Å². The SMILES string of the molecule is C=CCOC(=O)NC(C(=O)O)c1ccc(Cl)cc1OC. The van der Waals surface area contributed by atoms with Gasteiger partial charge in [-0.2, -0.15) is 0 Å². The van der Waals surface area contributed by atoms with Gasteiger partial charge in [-0.15, -0.1) is 0 Å². The lowest BCUT2D eigenvalue weighted by molar-refractivity contribution is -0.139. The lowest BCUT2D eigenvalue weighted by Crippen LogP contribution is -2.34. The van der Waals surface area contributed by atoms with Crippen LogP contribution in [0.2, 0.25) is 5.02 Å². The summed E-state index contributed by atoms with van der Waals surface area (Å²) in [4.78, 5) is 22.7. The number of amides is 1. The molecule has 0 spiro atoms. The van der Waals surface area contributed by atoms with E-state index in [9.17, 15) is 14.7 Å². The predicted molar refractivity (Wildman–Crippen MR) is 73.1 cm³/mol. The van der Waals surface area contributed by atoms with E-state index in [1.807, 2.05) is 0 Å². The number of carboxylic acids is 1. The molecule has 1 unspecified atom stereocenters. The molecule has 0 aliphatic heterocycles. The van der Waals surface area contributed by atoms with Gasteiger partial charge >= 0.3 is 12.1 Å². The zero-order valence-electron chi connectivity index (χ0n) is 10.8. The normalized spacial score (nSPS) is 11.3. The molecule has 1 aromatic carbocycles. The Bertz CT molecular complexity index is 517. The maximum atomic E-state index is 11.4. The van der Waals surface area contributed by atoms with Crippen LogP contribution in [0.15, 0.2) is 30.9 Å². The maximum absolute atomic E-state index is 11.4. The van der Waals surface area contributed by atoms with Crippen LogP contribution in [0.25, 0.3) is 0 Å². The summed E-state index contributed by atoms with van der Waals surface area (Å²) in [6.45, 7) is 3.37. The van der Waals surface area contributed by atoms with Crippen molar-refractivity contribution in [3.05, 3.63) is 41.4 Å². The third-order valence-corrected chi connectivity index (χ3v) is 2.58. The Labute approximate surface area is 120 Å². The van der Waals surface area contributed by atoms with E-state index in [0.717, 1.165) is 0 Å². The van der Waals surface area contributed by atoms with Crippen molar-refractivity contribution in [3.63, 3.8) is 0 Å². The summed E-state index contributed by atoms with van der Waals surface area (Å²) in [6.07, 6.45) is 0.507. The summed E-state index contributed by atoms with van der Waals surface area (Å²) in [5, 5.41) is 11.8. The number of nitrogens with one attached hydrogen (secondary N) is 1. The molecule has 0 radical (unpaired) electrons. The number of aliphatic carboxylic acids is 1. The van der Waals surface area contributed by atoms with E-state index in [1.165, 1.54) is 31.4 Å². The van der Waals surface area contributed by atoms with Crippen LogP contribution >= 0.6 is 11.6 Å². The van der Waals surface area contributed by atoms with E-state index in [2.05, 4.69) is 11.9 Å². The Morgan fingerprint density at radius 1 is 1.55 bits per heavy atom. The first-order valence-electron chi connectivity index (χ1n) is 5.60. The fourth-order valence-electron chi connectivity index (χ4n) is 1.49. The molecule has 0 aliphatic rings. The number of carbonyl (C=O) groups excluding carboxylic acids is 1. The van der Waals surface area contributed by atoms with E-state index in [-0.39, 0.29) is 17.9 Å². The molecule has 0 saturated carbocycles. The van der Waals surface area contributed by atoms with Crippen molar-refractivity contribution in [2.45, 2.75) is 6.04 Å². The van der Waals surface area contributed by atoms with Crippen molar-refractivity contribution in [2.75, 3.05) is 13.7 Å². The van der Waals surface area contributed by atoms with Gasteiger partial charge in [0.2, 0.25) is 0 Å². The van der Waals surface area contributed by atoms with Crippen molar-refractivity contribution in [1.82, 2.24) is 5.32 Å². The molecule has 1 rings (SSSR count). The minimum absolute atomic E-state index is 0.0179. The molecule has 20 heavy (non-hydrogen) atoms. The molecule has 1 amide bonds. The second-order valence-corrected chi connectivity index (χ2v) is 4.13. The Balaban J connectivity index is 2.99.